The van der Waals surface area contributed by atoms with Gasteiger partial charge in [0, 0.05) is 13.0 Å². The fourth-order valence-electron chi connectivity index (χ4n) is 1.63. The predicted molar refractivity (Wildman–Crippen MR) is 59.1 cm³/mol. The van der Waals surface area contributed by atoms with E-state index in [2.05, 4.69) is 16.0 Å². The summed E-state index contributed by atoms with van der Waals surface area (Å²) in [5, 5.41) is 3.62. The summed E-state index contributed by atoms with van der Waals surface area (Å²) < 4.78 is 4.82. The molecule has 18 heavy (non-hydrogen) atoms. The molecular formula is C10H12N4O4. The minimum Gasteiger partial charge on any atom is -0.360 e. The first-order valence-electron chi connectivity index (χ1n) is 5.31. The van der Waals surface area contributed by atoms with Crippen molar-refractivity contribution in [2.24, 2.45) is 0 Å². The maximum absolute atomic E-state index is 11.9. The number of hydrogen-bond acceptors (Lipinski definition) is 6. The number of amides is 3. The van der Waals surface area contributed by atoms with Crippen molar-refractivity contribution in [3.05, 3.63) is 11.8 Å². The fourth-order valence-corrected chi connectivity index (χ4v) is 1.63. The Hall–Kier alpha value is -2.22. The zero-order valence-corrected chi connectivity index (χ0v) is 9.89. The van der Waals surface area contributed by atoms with Crippen LogP contribution >= 0.6 is 0 Å². The highest BCUT2D eigenvalue weighted by molar-refractivity contribution is 6.21. The number of aromatic nitrogens is 1. The number of carbonyl (C=O) groups is 3. The number of hydrogen-bond donors (Lipinski definition) is 2. The Morgan fingerprint density at radius 3 is 2.83 bits per heavy atom. The summed E-state index contributed by atoms with van der Waals surface area (Å²) in [6.45, 7) is 2.96. The van der Waals surface area contributed by atoms with Crippen LogP contribution in [0.5, 0.6) is 0 Å². The van der Waals surface area contributed by atoms with Gasteiger partial charge in [-0.05, 0) is 6.92 Å². The standard InChI is InChI=1S/C10H12N4O4/c1-5-3-8(13-18-5)14-9(16)4-7(10(14)17)12-11-6(2)15/h3,7,12H,4H2,1-2H3,(H,11,15). The average molecular weight is 252 g/mol. The normalized spacial score (nSPS) is 19.4. The molecule has 1 fully saturated rings. The van der Waals surface area contributed by atoms with Gasteiger partial charge >= 0.3 is 0 Å². The van der Waals surface area contributed by atoms with Gasteiger partial charge in [0.15, 0.2) is 5.82 Å². The summed E-state index contributed by atoms with van der Waals surface area (Å²) in [5.41, 5.74) is 4.78. The number of carbonyl (C=O) groups excluding carboxylic acids is 3. The molecule has 0 saturated carbocycles. The second-order valence-corrected chi connectivity index (χ2v) is 3.95. The van der Waals surface area contributed by atoms with Crippen LogP contribution in [0.2, 0.25) is 0 Å². The van der Waals surface area contributed by atoms with Crippen LogP contribution in [0.15, 0.2) is 10.6 Å². The summed E-state index contributed by atoms with van der Waals surface area (Å²) in [6, 6.07) is 0.717. The van der Waals surface area contributed by atoms with Crippen molar-refractivity contribution in [3.8, 4) is 0 Å². The van der Waals surface area contributed by atoms with E-state index in [-0.39, 0.29) is 18.1 Å². The molecule has 2 N–H and O–H groups in total. The molecule has 8 nitrogen and oxygen atoms in total. The van der Waals surface area contributed by atoms with E-state index in [0.717, 1.165) is 4.90 Å². The molecule has 1 aliphatic heterocycles. The van der Waals surface area contributed by atoms with Crippen LogP contribution in [-0.4, -0.2) is 28.9 Å². The third kappa shape index (κ3) is 2.23. The summed E-state index contributed by atoms with van der Waals surface area (Å²) in [6.07, 6.45) is -0.0367. The van der Waals surface area contributed by atoms with Crippen LogP contribution in [0, 0.1) is 6.92 Å². The molecular weight excluding hydrogens is 240 g/mol. The summed E-state index contributed by atoms with van der Waals surface area (Å²) >= 11 is 0. The molecule has 2 rings (SSSR count). The molecule has 0 spiro atoms. The first-order chi connectivity index (χ1) is 8.49. The summed E-state index contributed by atoms with van der Waals surface area (Å²) in [7, 11) is 0. The highest BCUT2D eigenvalue weighted by atomic mass is 16.5. The van der Waals surface area contributed by atoms with Gasteiger partial charge in [-0.15, -0.1) is 0 Å². The van der Waals surface area contributed by atoms with Crippen LogP contribution in [0.25, 0.3) is 0 Å². The van der Waals surface area contributed by atoms with Gasteiger partial charge in [-0.3, -0.25) is 19.8 Å². The lowest BCUT2D eigenvalue weighted by atomic mass is 10.3. The molecule has 0 aromatic carbocycles. The summed E-state index contributed by atoms with van der Waals surface area (Å²) in [5.74, 6) is -0.539. The Labute approximate surface area is 102 Å². The van der Waals surface area contributed by atoms with Crippen LogP contribution in [-0.2, 0) is 14.4 Å². The molecule has 1 saturated heterocycles. The van der Waals surface area contributed by atoms with Gasteiger partial charge in [-0.2, -0.15) is 0 Å². The predicted octanol–water partition coefficient (Wildman–Crippen LogP) is -0.744. The number of imide groups is 1. The maximum atomic E-state index is 11.9. The number of hydrazine groups is 1. The average Bonchev–Trinajstić information content (AvgIpc) is 2.81. The number of nitrogens with one attached hydrogen (secondary N) is 2. The Kier molecular flexibility index (Phi) is 3.11. The number of rotatable bonds is 3. The van der Waals surface area contributed by atoms with Gasteiger partial charge in [0.25, 0.3) is 5.91 Å². The van der Waals surface area contributed by atoms with Gasteiger partial charge in [-0.25, -0.2) is 10.3 Å². The van der Waals surface area contributed by atoms with Crippen molar-refractivity contribution >= 4 is 23.5 Å². The van der Waals surface area contributed by atoms with E-state index in [1.165, 1.54) is 13.0 Å². The lowest BCUT2D eigenvalue weighted by Crippen LogP contribution is -2.47. The van der Waals surface area contributed by atoms with E-state index >= 15 is 0 Å². The van der Waals surface area contributed by atoms with Crippen molar-refractivity contribution in [2.45, 2.75) is 26.3 Å². The van der Waals surface area contributed by atoms with Crippen molar-refractivity contribution in [1.82, 2.24) is 16.0 Å². The van der Waals surface area contributed by atoms with Crippen molar-refractivity contribution in [3.63, 3.8) is 0 Å². The van der Waals surface area contributed by atoms with Crippen molar-refractivity contribution in [2.75, 3.05) is 4.90 Å². The molecule has 1 aromatic rings. The smallest absolute Gasteiger partial charge is 0.254 e. The zero-order chi connectivity index (χ0) is 13.3. The quantitative estimate of drug-likeness (QED) is 0.542. The number of anilines is 1. The second kappa shape index (κ2) is 4.57. The largest absolute Gasteiger partial charge is 0.360 e. The minimum atomic E-state index is -0.779. The topological polar surface area (TPSA) is 105 Å². The van der Waals surface area contributed by atoms with E-state index in [9.17, 15) is 14.4 Å². The van der Waals surface area contributed by atoms with Gasteiger partial charge in [-0.1, -0.05) is 5.16 Å². The molecule has 1 aromatic heterocycles. The SMILES string of the molecule is CC(=O)NNC1CC(=O)N(c2cc(C)on2)C1=O. The Morgan fingerprint density at radius 2 is 2.28 bits per heavy atom. The lowest BCUT2D eigenvalue weighted by Gasteiger charge is -2.12. The Morgan fingerprint density at radius 1 is 1.56 bits per heavy atom. The molecule has 2 heterocycles. The summed E-state index contributed by atoms with van der Waals surface area (Å²) in [4.78, 5) is 35.3. The molecule has 8 heteroatoms. The molecule has 0 bridgehead atoms. The van der Waals surface area contributed by atoms with E-state index in [1.54, 1.807) is 6.92 Å². The van der Waals surface area contributed by atoms with Crippen molar-refractivity contribution in [1.29, 1.82) is 0 Å². The number of nitrogens with zero attached hydrogens (tertiary/aromatic N) is 2. The van der Waals surface area contributed by atoms with Gasteiger partial charge in [0.2, 0.25) is 11.8 Å². The van der Waals surface area contributed by atoms with Gasteiger partial charge < -0.3 is 4.52 Å². The molecule has 3 amide bonds. The minimum absolute atomic E-state index is 0.0367. The van der Waals surface area contributed by atoms with Gasteiger partial charge in [0.05, 0.1) is 6.42 Å². The lowest BCUT2D eigenvalue weighted by molar-refractivity contribution is -0.122. The van der Waals surface area contributed by atoms with Crippen LogP contribution in [0.1, 0.15) is 19.1 Å². The van der Waals surface area contributed by atoms with Gasteiger partial charge in [0.1, 0.15) is 11.8 Å². The molecule has 96 valence electrons. The third-order valence-electron chi connectivity index (χ3n) is 2.41. The van der Waals surface area contributed by atoms with E-state index < -0.39 is 17.9 Å². The third-order valence-corrected chi connectivity index (χ3v) is 2.41. The van der Waals surface area contributed by atoms with E-state index in [1.807, 2.05) is 0 Å². The zero-order valence-electron chi connectivity index (χ0n) is 9.89. The van der Waals surface area contributed by atoms with Crippen LogP contribution < -0.4 is 15.8 Å². The van der Waals surface area contributed by atoms with Crippen LogP contribution in [0.4, 0.5) is 5.82 Å². The Balaban J connectivity index is 2.12. The Bertz CT molecular complexity index is 510. The second-order valence-electron chi connectivity index (χ2n) is 3.95. The highest BCUT2D eigenvalue weighted by Crippen LogP contribution is 2.21. The van der Waals surface area contributed by atoms with E-state index in [4.69, 9.17) is 4.52 Å². The first-order valence-corrected chi connectivity index (χ1v) is 5.31. The molecule has 0 aliphatic carbocycles. The molecule has 1 unspecified atom stereocenters. The maximum Gasteiger partial charge on any atom is 0.254 e. The highest BCUT2D eigenvalue weighted by Gasteiger charge is 2.41. The fraction of sp³-hybridized carbons (Fsp3) is 0.400. The molecule has 1 atom stereocenters. The molecule has 1 aliphatic rings. The first kappa shape index (κ1) is 12.2. The number of aryl methyl sites for hydroxylation is 1. The van der Waals surface area contributed by atoms with E-state index in [0.29, 0.717) is 5.76 Å². The monoisotopic (exact) mass is 252 g/mol. The molecule has 0 radical (unpaired) electrons. The van der Waals surface area contributed by atoms with Crippen LogP contribution in [0.3, 0.4) is 0 Å². The van der Waals surface area contributed by atoms with Crippen molar-refractivity contribution < 1.29 is 18.9 Å².